The number of nitrogens with one attached hydrogen (secondary N) is 1. The third-order valence-corrected chi connectivity index (χ3v) is 4.22. The number of rotatable bonds is 4. The lowest BCUT2D eigenvalue weighted by Gasteiger charge is -2.18. The summed E-state index contributed by atoms with van der Waals surface area (Å²) in [5.74, 6) is 0.00685. The fraction of sp³-hybridized carbons (Fsp3) is 0.316. The Morgan fingerprint density at radius 2 is 1.77 bits per heavy atom. The van der Waals surface area contributed by atoms with E-state index in [2.05, 4.69) is 38.2 Å². The van der Waals surface area contributed by atoms with Gasteiger partial charge in [-0.15, -0.1) is 0 Å². The zero-order valence-electron chi connectivity index (χ0n) is 13.5. The zero-order valence-corrected chi connectivity index (χ0v) is 14.3. The smallest absolute Gasteiger partial charge is 0.224 e. The van der Waals surface area contributed by atoms with Crippen LogP contribution < -0.4 is 5.32 Å². The molecule has 116 valence electrons. The van der Waals surface area contributed by atoms with Gasteiger partial charge in [0.25, 0.3) is 0 Å². The van der Waals surface area contributed by atoms with Crippen molar-refractivity contribution in [2.45, 2.75) is 40.2 Å². The Bertz CT molecular complexity index is 694. The van der Waals surface area contributed by atoms with E-state index in [-0.39, 0.29) is 11.9 Å². The van der Waals surface area contributed by atoms with Crippen molar-refractivity contribution in [2.24, 2.45) is 0 Å². The minimum absolute atomic E-state index is 0.00685. The topological polar surface area (TPSA) is 29.1 Å². The number of hydrogen-bond donors (Lipinski definition) is 1. The van der Waals surface area contributed by atoms with Crippen LogP contribution in [0.1, 0.15) is 40.8 Å². The first kappa shape index (κ1) is 16.6. The van der Waals surface area contributed by atoms with Crippen molar-refractivity contribution >= 4 is 17.5 Å². The summed E-state index contributed by atoms with van der Waals surface area (Å²) in [6.45, 7) is 8.31. The fourth-order valence-electron chi connectivity index (χ4n) is 2.65. The second kappa shape index (κ2) is 6.97. The van der Waals surface area contributed by atoms with Crippen LogP contribution in [0.25, 0.3) is 0 Å². The van der Waals surface area contributed by atoms with Crippen LogP contribution in [-0.2, 0) is 11.2 Å². The Morgan fingerprint density at radius 1 is 1.09 bits per heavy atom. The molecule has 2 aromatic rings. The van der Waals surface area contributed by atoms with Crippen LogP contribution in [0.15, 0.2) is 36.4 Å². The molecule has 2 aromatic carbocycles. The molecule has 0 aliphatic carbocycles. The van der Waals surface area contributed by atoms with Gasteiger partial charge in [-0.1, -0.05) is 35.9 Å². The summed E-state index contributed by atoms with van der Waals surface area (Å²) in [5, 5.41) is 3.73. The molecule has 3 heteroatoms. The summed E-state index contributed by atoms with van der Waals surface area (Å²) in [6.07, 6.45) is 0.342. The number of carbonyl (C=O) groups is 1. The molecular formula is C19H22ClNO. The van der Waals surface area contributed by atoms with E-state index in [0.29, 0.717) is 11.4 Å². The Kier molecular flexibility index (Phi) is 5.25. The molecule has 1 amide bonds. The first-order valence-electron chi connectivity index (χ1n) is 7.48. The molecule has 0 bridgehead atoms. The standard InChI is InChI=1S/C19H22ClNO/c1-12-8-14(3)18(9-13(12)2)15(4)21-19(22)11-16-6-5-7-17(20)10-16/h5-10,15H,11H2,1-4H3,(H,21,22)/t15-/m1/s1. The van der Waals surface area contributed by atoms with Gasteiger partial charge < -0.3 is 5.32 Å². The van der Waals surface area contributed by atoms with Crippen LogP contribution >= 0.6 is 11.6 Å². The van der Waals surface area contributed by atoms with Crippen LogP contribution in [0.2, 0.25) is 5.02 Å². The van der Waals surface area contributed by atoms with E-state index < -0.39 is 0 Å². The van der Waals surface area contributed by atoms with E-state index in [9.17, 15) is 4.79 Å². The largest absolute Gasteiger partial charge is 0.349 e. The third kappa shape index (κ3) is 4.11. The maximum Gasteiger partial charge on any atom is 0.224 e. The van der Waals surface area contributed by atoms with Crippen LogP contribution in [0.3, 0.4) is 0 Å². The molecule has 0 aliphatic rings. The maximum absolute atomic E-state index is 12.2. The zero-order chi connectivity index (χ0) is 16.3. The van der Waals surface area contributed by atoms with E-state index in [4.69, 9.17) is 11.6 Å². The molecule has 0 spiro atoms. The van der Waals surface area contributed by atoms with Crippen molar-refractivity contribution < 1.29 is 4.79 Å². The maximum atomic E-state index is 12.2. The highest BCUT2D eigenvalue weighted by atomic mass is 35.5. The molecule has 0 saturated carbocycles. The lowest BCUT2D eigenvalue weighted by atomic mass is 9.96. The van der Waals surface area contributed by atoms with Crippen LogP contribution in [0.5, 0.6) is 0 Å². The van der Waals surface area contributed by atoms with Gasteiger partial charge in [0.1, 0.15) is 0 Å². The van der Waals surface area contributed by atoms with E-state index in [1.807, 2.05) is 31.2 Å². The first-order valence-corrected chi connectivity index (χ1v) is 7.86. The van der Waals surface area contributed by atoms with E-state index in [1.165, 1.54) is 22.3 Å². The Hall–Kier alpha value is -1.80. The Labute approximate surface area is 137 Å². The lowest BCUT2D eigenvalue weighted by molar-refractivity contribution is -0.121. The van der Waals surface area contributed by atoms with E-state index in [1.54, 1.807) is 0 Å². The summed E-state index contributed by atoms with van der Waals surface area (Å²) in [5.41, 5.74) is 5.82. The second-order valence-electron chi connectivity index (χ2n) is 5.89. The molecule has 2 rings (SSSR count). The number of benzene rings is 2. The van der Waals surface area contributed by atoms with E-state index >= 15 is 0 Å². The monoisotopic (exact) mass is 315 g/mol. The highest BCUT2D eigenvalue weighted by molar-refractivity contribution is 6.30. The SMILES string of the molecule is Cc1cc(C)c([C@@H](C)NC(=O)Cc2cccc(Cl)c2)cc1C. The number of aryl methyl sites for hydroxylation is 3. The molecule has 0 unspecified atom stereocenters. The number of carbonyl (C=O) groups excluding carboxylic acids is 1. The first-order chi connectivity index (χ1) is 10.4. The summed E-state index contributed by atoms with van der Waals surface area (Å²) < 4.78 is 0. The number of amides is 1. The summed E-state index contributed by atoms with van der Waals surface area (Å²) >= 11 is 5.95. The fourth-order valence-corrected chi connectivity index (χ4v) is 2.86. The highest BCUT2D eigenvalue weighted by Gasteiger charge is 2.13. The van der Waals surface area contributed by atoms with Gasteiger partial charge in [0.05, 0.1) is 12.5 Å². The van der Waals surface area contributed by atoms with Crippen molar-refractivity contribution in [1.29, 1.82) is 0 Å². The quantitative estimate of drug-likeness (QED) is 0.871. The summed E-state index contributed by atoms with van der Waals surface area (Å²) in [7, 11) is 0. The molecule has 0 aromatic heterocycles. The van der Waals surface area contributed by atoms with Gasteiger partial charge in [-0.05, 0) is 67.6 Å². The Morgan fingerprint density at radius 3 is 2.45 bits per heavy atom. The molecule has 22 heavy (non-hydrogen) atoms. The van der Waals surface area contributed by atoms with Gasteiger partial charge in [-0.2, -0.15) is 0 Å². The normalized spacial score (nSPS) is 12.0. The Balaban J connectivity index is 2.07. The van der Waals surface area contributed by atoms with Gasteiger partial charge in [-0.3, -0.25) is 4.79 Å². The number of halogens is 1. The lowest BCUT2D eigenvalue weighted by Crippen LogP contribution is -2.28. The molecule has 1 N–H and O–H groups in total. The van der Waals surface area contributed by atoms with Gasteiger partial charge in [0.15, 0.2) is 0 Å². The average molecular weight is 316 g/mol. The minimum Gasteiger partial charge on any atom is -0.349 e. The van der Waals surface area contributed by atoms with Crippen molar-refractivity contribution in [3.05, 3.63) is 69.2 Å². The van der Waals surface area contributed by atoms with Gasteiger partial charge in [0, 0.05) is 5.02 Å². The van der Waals surface area contributed by atoms with Crippen molar-refractivity contribution in [2.75, 3.05) is 0 Å². The number of hydrogen-bond acceptors (Lipinski definition) is 1. The molecule has 0 radical (unpaired) electrons. The van der Waals surface area contributed by atoms with Gasteiger partial charge >= 0.3 is 0 Å². The third-order valence-electron chi connectivity index (χ3n) is 3.98. The van der Waals surface area contributed by atoms with Crippen LogP contribution in [0.4, 0.5) is 0 Å². The van der Waals surface area contributed by atoms with Gasteiger partial charge in [-0.25, -0.2) is 0 Å². The van der Waals surface area contributed by atoms with Crippen molar-refractivity contribution in [3.8, 4) is 0 Å². The molecule has 0 aliphatic heterocycles. The summed E-state index contributed by atoms with van der Waals surface area (Å²) in [6, 6.07) is 11.7. The molecular weight excluding hydrogens is 294 g/mol. The van der Waals surface area contributed by atoms with Crippen LogP contribution in [0, 0.1) is 20.8 Å². The van der Waals surface area contributed by atoms with Gasteiger partial charge in [0.2, 0.25) is 5.91 Å². The summed E-state index contributed by atoms with van der Waals surface area (Å²) in [4.78, 5) is 12.2. The van der Waals surface area contributed by atoms with Crippen molar-refractivity contribution in [3.63, 3.8) is 0 Å². The molecule has 0 saturated heterocycles. The predicted molar refractivity (Wildman–Crippen MR) is 92.4 cm³/mol. The minimum atomic E-state index is -0.00835. The second-order valence-corrected chi connectivity index (χ2v) is 6.33. The highest BCUT2D eigenvalue weighted by Crippen LogP contribution is 2.21. The molecule has 0 heterocycles. The van der Waals surface area contributed by atoms with Crippen LogP contribution in [-0.4, -0.2) is 5.91 Å². The van der Waals surface area contributed by atoms with Crippen molar-refractivity contribution in [1.82, 2.24) is 5.32 Å². The average Bonchev–Trinajstić information content (AvgIpc) is 2.42. The van der Waals surface area contributed by atoms with E-state index in [0.717, 1.165) is 5.56 Å². The molecule has 2 nitrogen and oxygen atoms in total. The molecule has 1 atom stereocenters. The molecule has 0 fully saturated rings. The predicted octanol–water partition coefficient (Wildman–Crippen LogP) is 4.69.